The number of carbonyl (C=O) groups is 1. The smallest absolute Gasteiger partial charge is 0.335 e. The molecule has 1 aliphatic heterocycles. The standard InChI is InChI=1S/C12H10O3/c1-2-12(13)15-10-6-5-9-4-3-7-14-11(9)8-10/h2-6,8H,1,7H2. The summed E-state index contributed by atoms with van der Waals surface area (Å²) in [6, 6.07) is 5.26. The van der Waals surface area contributed by atoms with Gasteiger partial charge >= 0.3 is 5.97 Å². The lowest BCUT2D eigenvalue weighted by atomic mass is 10.1. The summed E-state index contributed by atoms with van der Waals surface area (Å²) < 4.78 is 10.3. The highest BCUT2D eigenvalue weighted by atomic mass is 16.5. The van der Waals surface area contributed by atoms with Crippen molar-refractivity contribution in [3.05, 3.63) is 42.5 Å². The number of ether oxygens (including phenoxy) is 2. The van der Waals surface area contributed by atoms with Gasteiger partial charge in [-0.15, -0.1) is 0 Å². The summed E-state index contributed by atoms with van der Waals surface area (Å²) >= 11 is 0. The van der Waals surface area contributed by atoms with Crippen molar-refractivity contribution in [2.24, 2.45) is 0 Å². The normalized spacial score (nSPS) is 12.5. The van der Waals surface area contributed by atoms with Crippen LogP contribution < -0.4 is 9.47 Å². The van der Waals surface area contributed by atoms with E-state index in [1.165, 1.54) is 0 Å². The highest BCUT2D eigenvalue weighted by Crippen LogP contribution is 2.28. The van der Waals surface area contributed by atoms with Crippen molar-refractivity contribution < 1.29 is 14.3 Å². The van der Waals surface area contributed by atoms with Gasteiger partial charge in [0.05, 0.1) is 0 Å². The Bertz CT molecular complexity index is 432. The Hall–Kier alpha value is -2.03. The van der Waals surface area contributed by atoms with Crippen molar-refractivity contribution in [3.63, 3.8) is 0 Å². The molecule has 0 bridgehead atoms. The van der Waals surface area contributed by atoms with Gasteiger partial charge in [0.1, 0.15) is 18.1 Å². The minimum atomic E-state index is -0.471. The van der Waals surface area contributed by atoms with Crippen LogP contribution >= 0.6 is 0 Å². The van der Waals surface area contributed by atoms with Gasteiger partial charge in [0.15, 0.2) is 0 Å². The van der Waals surface area contributed by atoms with Gasteiger partial charge in [-0.1, -0.05) is 12.7 Å². The van der Waals surface area contributed by atoms with Gasteiger partial charge in [0, 0.05) is 17.7 Å². The van der Waals surface area contributed by atoms with E-state index in [9.17, 15) is 4.79 Å². The summed E-state index contributed by atoms with van der Waals surface area (Å²) in [5.74, 6) is 0.724. The Labute approximate surface area is 87.6 Å². The molecule has 76 valence electrons. The van der Waals surface area contributed by atoms with E-state index in [2.05, 4.69) is 6.58 Å². The fraction of sp³-hybridized carbons (Fsp3) is 0.0833. The van der Waals surface area contributed by atoms with Crippen LogP contribution in [0.2, 0.25) is 0 Å². The van der Waals surface area contributed by atoms with Crippen molar-refractivity contribution in [2.45, 2.75) is 0 Å². The predicted octanol–water partition coefficient (Wildman–Crippen LogP) is 2.18. The maximum Gasteiger partial charge on any atom is 0.335 e. The Balaban J connectivity index is 2.25. The zero-order chi connectivity index (χ0) is 10.7. The second-order valence-corrected chi connectivity index (χ2v) is 3.04. The van der Waals surface area contributed by atoms with Gasteiger partial charge in [-0.25, -0.2) is 4.79 Å². The molecule has 3 heteroatoms. The molecule has 0 radical (unpaired) electrons. The van der Waals surface area contributed by atoms with Crippen LogP contribution in [0, 0.1) is 0 Å². The molecule has 2 rings (SSSR count). The molecular formula is C12H10O3. The van der Waals surface area contributed by atoms with E-state index in [4.69, 9.17) is 9.47 Å². The number of benzene rings is 1. The van der Waals surface area contributed by atoms with Gasteiger partial charge in [-0.05, 0) is 18.2 Å². The lowest BCUT2D eigenvalue weighted by molar-refractivity contribution is -0.128. The van der Waals surface area contributed by atoms with Gasteiger partial charge < -0.3 is 9.47 Å². The van der Waals surface area contributed by atoms with Crippen molar-refractivity contribution >= 4 is 12.0 Å². The zero-order valence-corrected chi connectivity index (χ0v) is 8.10. The topological polar surface area (TPSA) is 35.5 Å². The lowest BCUT2D eigenvalue weighted by Gasteiger charge is -2.12. The van der Waals surface area contributed by atoms with Crippen molar-refractivity contribution in [3.8, 4) is 11.5 Å². The first-order valence-corrected chi connectivity index (χ1v) is 4.57. The summed E-state index contributed by atoms with van der Waals surface area (Å²) in [4.78, 5) is 11.0. The molecule has 0 saturated heterocycles. The molecule has 0 N–H and O–H groups in total. The second-order valence-electron chi connectivity index (χ2n) is 3.04. The minimum absolute atomic E-state index is 0.467. The fourth-order valence-electron chi connectivity index (χ4n) is 1.31. The SMILES string of the molecule is C=CC(=O)Oc1ccc2c(c1)OCC=C2. The number of fused-ring (bicyclic) bond motifs is 1. The van der Waals surface area contributed by atoms with E-state index in [-0.39, 0.29) is 0 Å². The molecule has 0 amide bonds. The first-order valence-electron chi connectivity index (χ1n) is 4.57. The van der Waals surface area contributed by atoms with Crippen LogP contribution in [-0.4, -0.2) is 12.6 Å². The van der Waals surface area contributed by atoms with Crippen LogP contribution in [0.25, 0.3) is 6.08 Å². The van der Waals surface area contributed by atoms with Crippen LogP contribution in [0.4, 0.5) is 0 Å². The first kappa shape index (κ1) is 9.52. The number of esters is 1. The van der Waals surface area contributed by atoms with E-state index in [0.29, 0.717) is 12.4 Å². The Kier molecular flexibility index (Phi) is 2.54. The molecule has 3 nitrogen and oxygen atoms in total. The molecule has 1 aromatic carbocycles. The molecule has 0 fully saturated rings. The third-order valence-electron chi connectivity index (χ3n) is 2.00. The molecule has 0 atom stereocenters. The Morgan fingerprint density at radius 1 is 1.53 bits per heavy atom. The molecule has 0 saturated carbocycles. The number of carbonyl (C=O) groups excluding carboxylic acids is 1. The average Bonchev–Trinajstić information content (AvgIpc) is 2.29. The van der Waals surface area contributed by atoms with E-state index >= 15 is 0 Å². The van der Waals surface area contributed by atoms with Crippen molar-refractivity contribution in [1.29, 1.82) is 0 Å². The van der Waals surface area contributed by atoms with E-state index in [1.54, 1.807) is 12.1 Å². The highest BCUT2D eigenvalue weighted by molar-refractivity contribution is 5.83. The van der Waals surface area contributed by atoms with Gasteiger partial charge in [0.2, 0.25) is 0 Å². The van der Waals surface area contributed by atoms with Crippen LogP contribution in [0.15, 0.2) is 36.9 Å². The monoisotopic (exact) mass is 202 g/mol. The zero-order valence-electron chi connectivity index (χ0n) is 8.10. The third kappa shape index (κ3) is 2.07. The maximum absolute atomic E-state index is 11.0. The number of rotatable bonds is 2. The number of hydrogen-bond acceptors (Lipinski definition) is 3. The van der Waals surface area contributed by atoms with E-state index in [0.717, 1.165) is 17.4 Å². The second kappa shape index (κ2) is 4.00. The van der Waals surface area contributed by atoms with E-state index < -0.39 is 5.97 Å². The number of hydrogen-bond donors (Lipinski definition) is 0. The van der Waals surface area contributed by atoms with Crippen molar-refractivity contribution in [2.75, 3.05) is 6.61 Å². The summed E-state index contributed by atoms with van der Waals surface area (Å²) in [6.07, 6.45) is 5.02. The molecule has 1 aromatic rings. The Morgan fingerprint density at radius 2 is 2.40 bits per heavy atom. The van der Waals surface area contributed by atoms with Crippen molar-refractivity contribution in [1.82, 2.24) is 0 Å². The summed E-state index contributed by atoms with van der Waals surface area (Å²) in [5.41, 5.74) is 0.986. The van der Waals surface area contributed by atoms with Crippen LogP contribution in [0.5, 0.6) is 11.5 Å². The lowest BCUT2D eigenvalue weighted by Crippen LogP contribution is -2.05. The van der Waals surface area contributed by atoms with Crippen LogP contribution in [0.1, 0.15) is 5.56 Å². The summed E-state index contributed by atoms with van der Waals surface area (Å²) in [6.45, 7) is 3.87. The molecule has 1 aliphatic rings. The van der Waals surface area contributed by atoms with Crippen LogP contribution in [-0.2, 0) is 4.79 Å². The molecule has 1 heterocycles. The van der Waals surface area contributed by atoms with Crippen LogP contribution in [0.3, 0.4) is 0 Å². The first-order chi connectivity index (χ1) is 7.29. The minimum Gasteiger partial charge on any atom is -0.489 e. The molecule has 0 aromatic heterocycles. The Morgan fingerprint density at radius 3 is 3.20 bits per heavy atom. The highest BCUT2D eigenvalue weighted by Gasteiger charge is 2.08. The molecular weight excluding hydrogens is 192 g/mol. The largest absolute Gasteiger partial charge is 0.489 e. The average molecular weight is 202 g/mol. The molecule has 15 heavy (non-hydrogen) atoms. The molecule has 0 unspecified atom stereocenters. The van der Waals surface area contributed by atoms with Gasteiger partial charge in [0.25, 0.3) is 0 Å². The molecule has 0 aliphatic carbocycles. The third-order valence-corrected chi connectivity index (χ3v) is 2.00. The summed E-state index contributed by atoms with van der Waals surface area (Å²) in [7, 11) is 0. The van der Waals surface area contributed by atoms with E-state index in [1.807, 2.05) is 18.2 Å². The summed E-state index contributed by atoms with van der Waals surface area (Å²) in [5, 5.41) is 0. The predicted molar refractivity (Wildman–Crippen MR) is 56.8 cm³/mol. The fourth-order valence-corrected chi connectivity index (χ4v) is 1.31. The van der Waals surface area contributed by atoms with Gasteiger partial charge in [-0.2, -0.15) is 0 Å². The van der Waals surface area contributed by atoms with Gasteiger partial charge in [-0.3, -0.25) is 0 Å². The maximum atomic E-state index is 11.0. The quantitative estimate of drug-likeness (QED) is 0.419. The molecule has 0 spiro atoms.